The Labute approximate surface area is 109 Å². The van der Waals surface area contributed by atoms with Crippen LogP contribution >= 0.6 is 15.9 Å². The predicted octanol–water partition coefficient (Wildman–Crippen LogP) is 1.34. The lowest BCUT2D eigenvalue weighted by Gasteiger charge is -2.19. The largest absolute Gasteiger partial charge is 0.382 e. The maximum absolute atomic E-state index is 10.7. The number of aliphatic hydroxyl groups excluding tert-OH is 1. The van der Waals surface area contributed by atoms with E-state index in [0.29, 0.717) is 0 Å². The third-order valence-electron chi connectivity index (χ3n) is 2.55. The number of benzene rings is 1. The van der Waals surface area contributed by atoms with Crippen molar-refractivity contribution in [3.63, 3.8) is 0 Å². The summed E-state index contributed by atoms with van der Waals surface area (Å²) in [7, 11) is 0. The average molecular weight is 301 g/mol. The van der Waals surface area contributed by atoms with Gasteiger partial charge in [0.05, 0.1) is 0 Å². The summed E-state index contributed by atoms with van der Waals surface area (Å²) in [6, 6.07) is 8.02. The fourth-order valence-electron chi connectivity index (χ4n) is 1.58. The number of rotatable bonds is 6. The molecule has 5 heteroatoms. The van der Waals surface area contributed by atoms with E-state index in [1.165, 1.54) is 0 Å². The zero-order valence-corrected chi connectivity index (χ0v) is 11.3. The molecule has 0 saturated carbocycles. The van der Waals surface area contributed by atoms with E-state index in [9.17, 15) is 9.90 Å². The second kappa shape index (κ2) is 6.74. The highest BCUT2D eigenvalue weighted by molar-refractivity contribution is 9.10. The molecular weight excluding hydrogens is 284 g/mol. The maximum Gasteiger partial charge on any atom is 0.247 e. The molecule has 0 heterocycles. The van der Waals surface area contributed by atoms with Gasteiger partial charge in [-0.05, 0) is 24.1 Å². The number of nitrogens with two attached hydrogens (primary N) is 1. The summed E-state index contributed by atoms with van der Waals surface area (Å²) in [5, 5.41) is 12.4. The summed E-state index contributed by atoms with van der Waals surface area (Å²) in [5.41, 5.74) is 6.10. The van der Waals surface area contributed by atoms with E-state index in [1.54, 1.807) is 0 Å². The van der Waals surface area contributed by atoms with Crippen molar-refractivity contribution in [1.82, 2.24) is 5.32 Å². The number of nitrogens with one attached hydrogen (secondary N) is 1. The molecule has 2 unspecified atom stereocenters. The van der Waals surface area contributed by atoms with Crippen molar-refractivity contribution in [3.05, 3.63) is 34.3 Å². The smallest absolute Gasteiger partial charge is 0.247 e. The van der Waals surface area contributed by atoms with E-state index in [2.05, 4.69) is 21.2 Å². The molecule has 94 valence electrons. The van der Waals surface area contributed by atoms with Gasteiger partial charge in [0.25, 0.3) is 0 Å². The third-order valence-corrected chi connectivity index (χ3v) is 3.04. The summed E-state index contributed by atoms with van der Waals surface area (Å²) in [6.07, 6.45) is -0.279. The SMILES string of the molecule is CCC(NCC(O)C(N)=O)c1cccc(Br)c1. The Morgan fingerprint density at radius 1 is 1.59 bits per heavy atom. The quantitative estimate of drug-likeness (QED) is 0.742. The van der Waals surface area contributed by atoms with Crippen LogP contribution in [0.2, 0.25) is 0 Å². The lowest BCUT2D eigenvalue weighted by Crippen LogP contribution is -2.38. The molecule has 0 aliphatic rings. The number of halogens is 1. The lowest BCUT2D eigenvalue weighted by molar-refractivity contribution is -0.125. The molecule has 4 nitrogen and oxygen atoms in total. The first-order chi connectivity index (χ1) is 8.04. The van der Waals surface area contributed by atoms with Gasteiger partial charge in [0.1, 0.15) is 6.10 Å². The number of primary amides is 1. The van der Waals surface area contributed by atoms with Gasteiger partial charge in [-0.1, -0.05) is 35.0 Å². The maximum atomic E-state index is 10.7. The molecule has 0 spiro atoms. The van der Waals surface area contributed by atoms with Crippen LogP contribution in [0.25, 0.3) is 0 Å². The topological polar surface area (TPSA) is 75.3 Å². The Balaban J connectivity index is 2.63. The molecular formula is C12H17BrN2O2. The summed E-state index contributed by atoms with van der Waals surface area (Å²) in [6.45, 7) is 2.20. The molecule has 1 amide bonds. The second-order valence-electron chi connectivity index (χ2n) is 3.84. The zero-order chi connectivity index (χ0) is 12.8. The molecule has 17 heavy (non-hydrogen) atoms. The van der Waals surface area contributed by atoms with Crippen molar-refractivity contribution in [3.8, 4) is 0 Å². The standard InChI is InChI=1S/C12H17BrN2O2/c1-2-10(15-7-11(16)12(14)17)8-4-3-5-9(13)6-8/h3-6,10-11,15-16H,2,7H2,1H3,(H2,14,17). The van der Waals surface area contributed by atoms with Gasteiger partial charge < -0.3 is 16.2 Å². The summed E-state index contributed by atoms with van der Waals surface area (Å²) in [4.78, 5) is 10.7. The van der Waals surface area contributed by atoms with Crippen LogP contribution in [-0.4, -0.2) is 23.7 Å². The number of carbonyl (C=O) groups excluding carboxylic acids is 1. The highest BCUT2D eigenvalue weighted by Gasteiger charge is 2.14. The van der Waals surface area contributed by atoms with Gasteiger partial charge >= 0.3 is 0 Å². The van der Waals surface area contributed by atoms with Crippen molar-refractivity contribution in [2.75, 3.05) is 6.54 Å². The fourth-order valence-corrected chi connectivity index (χ4v) is 1.99. The number of aliphatic hydroxyl groups is 1. The van der Waals surface area contributed by atoms with E-state index < -0.39 is 12.0 Å². The number of hydrogen-bond acceptors (Lipinski definition) is 3. The molecule has 0 aliphatic carbocycles. The average Bonchev–Trinajstić information content (AvgIpc) is 2.29. The summed E-state index contributed by atoms with van der Waals surface area (Å²) in [5.74, 6) is -0.707. The monoisotopic (exact) mass is 300 g/mol. The van der Waals surface area contributed by atoms with Crippen LogP contribution in [-0.2, 0) is 4.79 Å². The first-order valence-electron chi connectivity index (χ1n) is 5.50. The normalized spacial score (nSPS) is 14.3. The van der Waals surface area contributed by atoms with Crippen LogP contribution < -0.4 is 11.1 Å². The van der Waals surface area contributed by atoms with Gasteiger partial charge in [0.15, 0.2) is 0 Å². The number of hydrogen-bond donors (Lipinski definition) is 3. The third kappa shape index (κ3) is 4.46. The Morgan fingerprint density at radius 3 is 2.82 bits per heavy atom. The van der Waals surface area contributed by atoms with Crippen LogP contribution in [0.4, 0.5) is 0 Å². The zero-order valence-electron chi connectivity index (χ0n) is 9.69. The minimum atomic E-state index is -1.14. The van der Waals surface area contributed by atoms with Crippen LogP contribution in [0, 0.1) is 0 Å². The molecule has 1 aromatic carbocycles. The van der Waals surface area contributed by atoms with E-state index in [1.807, 2.05) is 31.2 Å². The van der Waals surface area contributed by atoms with Gasteiger partial charge in [0.2, 0.25) is 5.91 Å². The minimum Gasteiger partial charge on any atom is -0.382 e. The van der Waals surface area contributed by atoms with Crippen LogP contribution in [0.1, 0.15) is 24.9 Å². The van der Waals surface area contributed by atoms with Crippen LogP contribution in [0.3, 0.4) is 0 Å². The first-order valence-corrected chi connectivity index (χ1v) is 6.30. The predicted molar refractivity (Wildman–Crippen MR) is 70.4 cm³/mol. The minimum absolute atomic E-state index is 0.0986. The van der Waals surface area contributed by atoms with Crippen LogP contribution in [0.15, 0.2) is 28.7 Å². The molecule has 0 saturated heterocycles. The number of carbonyl (C=O) groups is 1. The molecule has 2 atom stereocenters. The highest BCUT2D eigenvalue weighted by Crippen LogP contribution is 2.20. The van der Waals surface area contributed by atoms with E-state index in [0.717, 1.165) is 16.5 Å². The number of amides is 1. The molecule has 0 radical (unpaired) electrons. The summed E-state index contributed by atoms with van der Waals surface area (Å²) >= 11 is 3.41. The van der Waals surface area contributed by atoms with Crippen molar-refractivity contribution >= 4 is 21.8 Å². The molecule has 1 rings (SSSR count). The lowest BCUT2D eigenvalue weighted by atomic mass is 10.0. The van der Waals surface area contributed by atoms with Gasteiger partial charge in [-0.25, -0.2) is 0 Å². The highest BCUT2D eigenvalue weighted by atomic mass is 79.9. The van der Waals surface area contributed by atoms with E-state index in [4.69, 9.17) is 5.73 Å². The molecule has 4 N–H and O–H groups in total. The second-order valence-corrected chi connectivity index (χ2v) is 4.76. The Kier molecular flexibility index (Phi) is 5.61. The van der Waals surface area contributed by atoms with Gasteiger partial charge in [-0.15, -0.1) is 0 Å². The first kappa shape index (κ1) is 14.2. The van der Waals surface area contributed by atoms with Crippen molar-refractivity contribution in [1.29, 1.82) is 0 Å². The van der Waals surface area contributed by atoms with Gasteiger partial charge in [0, 0.05) is 17.1 Å². The van der Waals surface area contributed by atoms with Crippen molar-refractivity contribution in [2.24, 2.45) is 5.73 Å². The van der Waals surface area contributed by atoms with E-state index in [-0.39, 0.29) is 12.6 Å². The molecule has 0 fully saturated rings. The van der Waals surface area contributed by atoms with Crippen molar-refractivity contribution < 1.29 is 9.90 Å². The van der Waals surface area contributed by atoms with Crippen molar-refractivity contribution in [2.45, 2.75) is 25.5 Å². The van der Waals surface area contributed by atoms with Crippen LogP contribution in [0.5, 0.6) is 0 Å². The van der Waals surface area contributed by atoms with E-state index >= 15 is 0 Å². The Bertz CT molecular complexity index is 385. The summed E-state index contributed by atoms with van der Waals surface area (Å²) < 4.78 is 1.01. The molecule has 0 bridgehead atoms. The Hall–Kier alpha value is -0.910. The van der Waals surface area contributed by atoms with Gasteiger partial charge in [-0.2, -0.15) is 0 Å². The van der Waals surface area contributed by atoms with Gasteiger partial charge in [-0.3, -0.25) is 4.79 Å². The molecule has 1 aromatic rings. The molecule has 0 aliphatic heterocycles. The fraction of sp³-hybridized carbons (Fsp3) is 0.417. The molecule has 0 aromatic heterocycles. The Morgan fingerprint density at radius 2 is 2.29 bits per heavy atom.